The van der Waals surface area contributed by atoms with E-state index in [1.807, 2.05) is 0 Å². The SMILES string of the molecule is [C-]#[N+]CC(=O)N(C)C1CC1. The Hall–Kier alpha value is -1.04. The molecule has 0 aliphatic heterocycles. The molecule has 1 saturated carbocycles. The van der Waals surface area contributed by atoms with Crippen molar-refractivity contribution >= 4 is 5.91 Å². The first kappa shape index (κ1) is 7.07. The van der Waals surface area contributed by atoms with Gasteiger partial charge in [0.05, 0.1) is 0 Å². The van der Waals surface area contributed by atoms with Crippen LogP contribution in [0, 0.1) is 6.57 Å². The van der Waals surface area contributed by atoms with E-state index in [-0.39, 0.29) is 12.5 Å². The third-order valence-corrected chi connectivity index (χ3v) is 1.70. The van der Waals surface area contributed by atoms with Crippen molar-refractivity contribution < 1.29 is 4.79 Å². The number of amides is 1. The highest BCUT2D eigenvalue weighted by Crippen LogP contribution is 2.25. The van der Waals surface area contributed by atoms with E-state index in [1.54, 1.807) is 11.9 Å². The van der Waals surface area contributed by atoms with Crippen molar-refractivity contribution in [1.29, 1.82) is 0 Å². The third kappa shape index (κ3) is 1.47. The van der Waals surface area contributed by atoms with Gasteiger partial charge in [-0.15, -0.1) is 0 Å². The average molecular weight is 138 g/mol. The lowest BCUT2D eigenvalue weighted by molar-refractivity contribution is -0.128. The summed E-state index contributed by atoms with van der Waals surface area (Å²) in [5, 5.41) is 0. The van der Waals surface area contributed by atoms with E-state index in [2.05, 4.69) is 4.85 Å². The fourth-order valence-corrected chi connectivity index (χ4v) is 0.845. The summed E-state index contributed by atoms with van der Waals surface area (Å²) in [6.07, 6.45) is 2.22. The average Bonchev–Trinajstić information content (AvgIpc) is 2.68. The maximum absolute atomic E-state index is 10.9. The number of hydrogen-bond donors (Lipinski definition) is 0. The molecule has 0 aromatic heterocycles. The van der Waals surface area contributed by atoms with Crippen molar-refractivity contribution in [2.24, 2.45) is 0 Å². The molecule has 0 unspecified atom stereocenters. The maximum Gasteiger partial charge on any atom is 0.302 e. The molecule has 1 aliphatic carbocycles. The second-order valence-corrected chi connectivity index (χ2v) is 2.55. The van der Waals surface area contributed by atoms with Crippen molar-refractivity contribution in [3.05, 3.63) is 11.4 Å². The summed E-state index contributed by atoms with van der Waals surface area (Å²) in [6.45, 7) is 6.47. The molecule has 0 radical (unpaired) electrons. The summed E-state index contributed by atoms with van der Waals surface area (Å²) in [6, 6.07) is 0.439. The Morgan fingerprint density at radius 2 is 2.40 bits per heavy atom. The Balaban J connectivity index is 2.33. The highest BCUT2D eigenvalue weighted by molar-refractivity contribution is 5.79. The molecular formula is C7H10N2O. The Bertz CT molecular complexity index is 179. The summed E-state index contributed by atoms with van der Waals surface area (Å²) in [5.74, 6) is -0.0440. The normalized spacial score (nSPS) is 16.0. The van der Waals surface area contributed by atoms with E-state index in [0.717, 1.165) is 12.8 Å². The molecule has 0 atom stereocenters. The monoisotopic (exact) mass is 138 g/mol. The largest absolute Gasteiger partial charge is 0.336 e. The van der Waals surface area contributed by atoms with Gasteiger partial charge in [0.2, 0.25) is 0 Å². The molecule has 0 saturated heterocycles. The maximum atomic E-state index is 10.9. The van der Waals surface area contributed by atoms with Gasteiger partial charge in [-0.2, -0.15) is 0 Å². The highest BCUT2D eigenvalue weighted by atomic mass is 16.2. The van der Waals surface area contributed by atoms with Crippen molar-refractivity contribution in [2.45, 2.75) is 18.9 Å². The number of carbonyl (C=O) groups excluding carboxylic acids is 1. The van der Waals surface area contributed by atoms with Crippen LogP contribution in [0.1, 0.15) is 12.8 Å². The lowest BCUT2D eigenvalue weighted by atomic mass is 10.5. The first-order valence-corrected chi connectivity index (χ1v) is 3.34. The smallest absolute Gasteiger partial charge is 0.302 e. The molecular weight excluding hydrogens is 128 g/mol. The molecule has 3 heteroatoms. The summed E-state index contributed by atoms with van der Waals surface area (Å²) < 4.78 is 0. The van der Waals surface area contributed by atoms with Gasteiger partial charge >= 0.3 is 5.91 Å². The molecule has 0 N–H and O–H groups in total. The van der Waals surface area contributed by atoms with Crippen molar-refractivity contribution in [2.75, 3.05) is 13.6 Å². The molecule has 10 heavy (non-hydrogen) atoms. The molecule has 54 valence electrons. The van der Waals surface area contributed by atoms with E-state index in [1.165, 1.54) is 0 Å². The molecule has 0 aromatic carbocycles. The molecule has 1 amide bonds. The molecule has 0 aromatic rings. The Morgan fingerprint density at radius 1 is 1.80 bits per heavy atom. The van der Waals surface area contributed by atoms with E-state index in [9.17, 15) is 4.79 Å². The zero-order chi connectivity index (χ0) is 7.56. The van der Waals surface area contributed by atoms with Crippen LogP contribution in [-0.4, -0.2) is 30.4 Å². The second kappa shape index (κ2) is 2.70. The molecule has 3 nitrogen and oxygen atoms in total. The molecule has 1 rings (SSSR count). The molecule has 1 aliphatic rings. The predicted octanol–water partition coefficient (Wildman–Crippen LogP) is 0.526. The predicted molar refractivity (Wildman–Crippen MR) is 37.3 cm³/mol. The van der Waals surface area contributed by atoms with Crippen LogP contribution in [0.5, 0.6) is 0 Å². The summed E-state index contributed by atoms with van der Waals surface area (Å²) in [4.78, 5) is 15.6. The lowest BCUT2D eigenvalue weighted by Crippen LogP contribution is -2.30. The van der Waals surface area contributed by atoms with Crippen LogP contribution in [0.4, 0.5) is 0 Å². The lowest BCUT2D eigenvalue weighted by Gasteiger charge is -2.11. The van der Waals surface area contributed by atoms with Gasteiger partial charge in [-0.25, -0.2) is 6.57 Å². The van der Waals surface area contributed by atoms with Crippen LogP contribution in [0.3, 0.4) is 0 Å². The quantitative estimate of drug-likeness (QED) is 0.511. The Kier molecular flexibility index (Phi) is 1.91. The van der Waals surface area contributed by atoms with Crippen LogP contribution in [-0.2, 0) is 4.79 Å². The number of likely N-dealkylation sites (N-methyl/N-ethyl adjacent to an activating group) is 1. The van der Waals surface area contributed by atoms with Crippen molar-refractivity contribution in [3.63, 3.8) is 0 Å². The highest BCUT2D eigenvalue weighted by Gasteiger charge is 2.30. The summed E-state index contributed by atoms with van der Waals surface area (Å²) in [7, 11) is 1.77. The van der Waals surface area contributed by atoms with Gasteiger partial charge in [-0.1, -0.05) is 0 Å². The first-order valence-electron chi connectivity index (χ1n) is 3.34. The number of hydrogen-bond acceptors (Lipinski definition) is 1. The van der Waals surface area contributed by atoms with Gasteiger partial charge in [-0.3, -0.25) is 4.79 Å². The van der Waals surface area contributed by atoms with E-state index in [4.69, 9.17) is 6.57 Å². The van der Waals surface area contributed by atoms with Crippen LogP contribution in [0.25, 0.3) is 4.85 Å². The number of rotatable bonds is 2. The fraction of sp³-hybridized carbons (Fsp3) is 0.714. The zero-order valence-corrected chi connectivity index (χ0v) is 6.00. The molecule has 1 fully saturated rings. The van der Waals surface area contributed by atoms with Gasteiger partial charge in [-0.05, 0) is 12.8 Å². The van der Waals surface area contributed by atoms with Crippen molar-refractivity contribution in [1.82, 2.24) is 4.90 Å². The number of nitrogens with zero attached hydrogens (tertiary/aromatic N) is 2. The second-order valence-electron chi connectivity index (χ2n) is 2.55. The minimum Gasteiger partial charge on any atom is -0.336 e. The Labute approximate surface area is 60.4 Å². The van der Waals surface area contributed by atoms with Crippen LogP contribution in [0.2, 0.25) is 0 Å². The molecule has 0 spiro atoms. The molecule has 0 bridgehead atoms. The van der Waals surface area contributed by atoms with Crippen molar-refractivity contribution in [3.8, 4) is 0 Å². The minimum atomic E-state index is -0.0440. The van der Waals surface area contributed by atoms with E-state index < -0.39 is 0 Å². The van der Waals surface area contributed by atoms with Gasteiger partial charge in [0.15, 0.2) is 0 Å². The van der Waals surface area contributed by atoms with Crippen LogP contribution >= 0.6 is 0 Å². The summed E-state index contributed by atoms with van der Waals surface area (Å²) >= 11 is 0. The van der Waals surface area contributed by atoms with Gasteiger partial charge in [0, 0.05) is 13.1 Å². The van der Waals surface area contributed by atoms with Crippen LogP contribution in [0.15, 0.2) is 0 Å². The van der Waals surface area contributed by atoms with Gasteiger partial charge < -0.3 is 9.74 Å². The number of carbonyl (C=O) groups is 1. The van der Waals surface area contributed by atoms with Crippen LogP contribution < -0.4 is 0 Å². The standard InChI is InChI=1S/C7H10N2O/c1-8-5-7(10)9(2)6-3-4-6/h6H,3-5H2,2H3. The zero-order valence-electron chi connectivity index (χ0n) is 6.00. The topological polar surface area (TPSA) is 24.7 Å². The first-order chi connectivity index (χ1) is 4.75. The fourth-order valence-electron chi connectivity index (χ4n) is 0.845. The van der Waals surface area contributed by atoms with Gasteiger partial charge in [0.25, 0.3) is 6.54 Å². The van der Waals surface area contributed by atoms with E-state index >= 15 is 0 Å². The minimum absolute atomic E-state index is 0.00694. The van der Waals surface area contributed by atoms with E-state index in [0.29, 0.717) is 6.04 Å². The Morgan fingerprint density at radius 3 is 2.80 bits per heavy atom. The summed E-state index contributed by atoms with van der Waals surface area (Å²) in [5.41, 5.74) is 0. The molecule has 0 heterocycles. The van der Waals surface area contributed by atoms with Gasteiger partial charge in [0.1, 0.15) is 0 Å². The third-order valence-electron chi connectivity index (χ3n) is 1.70.